The Kier molecular flexibility index (Phi) is 4.58. The summed E-state index contributed by atoms with van der Waals surface area (Å²) in [4.78, 5) is 20.5. The number of fused-ring (bicyclic) bond motifs is 3. The van der Waals surface area contributed by atoms with E-state index in [9.17, 15) is 4.79 Å². The van der Waals surface area contributed by atoms with Gasteiger partial charge >= 0.3 is 0 Å². The number of anilines is 1. The summed E-state index contributed by atoms with van der Waals surface area (Å²) in [6, 6.07) is 0.0483. The van der Waals surface area contributed by atoms with Gasteiger partial charge in [-0.1, -0.05) is 0 Å². The predicted molar refractivity (Wildman–Crippen MR) is 111 cm³/mol. The number of hydrogen-bond acceptors (Lipinski definition) is 5. The van der Waals surface area contributed by atoms with E-state index in [1.807, 2.05) is 37.1 Å². The first-order valence-corrected chi connectivity index (χ1v) is 10.5. The second-order valence-corrected chi connectivity index (χ2v) is 8.81. The number of aryl methyl sites for hydroxylation is 4. The molecule has 3 aromatic heterocycles. The number of thiophene rings is 1. The van der Waals surface area contributed by atoms with Crippen molar-refractivity contribution in [3.63, 3.8) is 0 Å². The lowest BCUT2D eigenvalue weighted by Crippen LogP contribution is -2.27. The molecule has 0 atom stereocenters. The van der Waals surface area contributed by atoms with Crippen LogP contribution >= 0.6 is 11.3 Å². The standard InChI is InChI=1S/C20H27N5OS/c1-11(2)25-19(26)17-14-8-6-7-9-16(14)27-18(17)22-20(25)21-10-15-12(3)23-24(5)13(15)4/h11H,6-10H2,1-5H3,(H,21,22). The van der Waals surface area contributed by atoms with Gasteiger partial charge in [-0.05, 0) is 58.9 Å². The van der Waals surface area contributed by atoms with Gasteiger partial charge < -0.3 is 5.32 Å². The summed E-state index contributed by atoms with van der Waals surface area (Å²) in [6.45, 7) is 8.78. The third kappa shape index (κ3) is 2.98. The van der Waals surface area contributed by atoms with Crippen LogP contribution in [0.4, 0.5) is 5.95 Å². The van der Waals surface area contributed by atoms with Gasteiger partial charge in [0.15, 0.2) is 0 Å². The lowest BCUT2D eigenvalue weighted by atomic mass is 9.97. The van der Waals surface area contributed by atoms with Crippen LogP contribution < -0.4 is 10.9 Å². The maximum absolute atomic E-state index is 13.3. The van der Waals surface area contributed by atoms with Crippen molar-refractivity contribution in [2.24, 2.45) is 7.05 Å². The highest BCUT2D eigenvalue weighted by atomic mass is 32.1. The predicted octanol–water partition coefficient (Wildman–Crippen LogP) is 3.88. The summed E-state index contributed by atoms with van der Waals surface area (Å²) >= 11 is 1.70. The number of aromatic nitrogens is 4. The molecule has 1 aliphatic carbocycles. The Morgan fingerprint density at radius 3 is 2.63 bits per heavy atom. The lowest BCUT2D eigenvalue weighted by Gasteiger charge is -2.17. The molecule has 3 heterocycles. The molecule has 1 N–H and O–H groups in total. The van der Waals surface area contributed by atoms with Crippen LogP contribution in [0.15, 0.2) is 4.79 Å². The van der Waals surface area contributed by atoms with Crippen LogP contribution in [0.2, 0.25) is 0 Å². The van der Waals surface area contributed by atoms with Crippen molar-refractivity contribution in [1.82, 2.24) is 19.3 Å². The summed E-state index contributed by atoms with van der Waals surface area (Å²) in [5, 5.41) is 8.76. The molecule has 0 saturated carbocycles. The minimum atomic E-state index is 0.0483. The number of nitrogens with zero attached hydrogens (tertiary/aromatic N) is 4. The Balaban J connectivity index is 1.80. The molecule has 144 valence electrons. The van der Waals surface area contributed by atoms with Crippen LogP contribution in [-0.2, 0) is 26.4 Å². The van der Waals surface area contributed by atoms with E-state index in [0.29, 0.717) is 12.5 Å². The quantitative estimate of drug-likeness (QED) is 0.740. The first-order chi connectivity index (χ1) is 12.9. The summed E-state index contributed by atoms with van der Waals surface area (Å²) in [6.07, 6.45) is 4.46. The zero-order valence-corrected chi connectivity index (χ0v) is 17.5. The highest BCUT2D eigenvalue weighted by Gasteiger charge is 2.23. The first kappa shape index (κ1) is 18.2. The third-order valence-electron chi connectivity index (χ3n) is 5.62. The van der Waals surface area contributed by atoms with Crippen molar-refractivity contribution < 1.29 is 0 Å². The average Bonchev–Trinajstić information content (AvgIpc) is 3.10. The fourth-order valence-electron chi connectivity index (χ4n) is 4.06. The SMILES string of the molecule is Cc1nn(C)c(C)c1CNc1nc2sc3c(c2c(=O)n1C(C)C)CCCC3. The van der Waals surface area contributed by atoms with Gasteiger partial charge in [0.05, 0.1) is 11.1 Å². The van der Waals surface area contributed by atoms with Crippen molar-refractivity contribution in [1.29, 1.82) is 0 Å². The molecule has 0 unspecified atom stereocenters. The average molecular weight is 386 g/mol. The summed E-state index contributed by atoms with van der Waals surface area (Å²) in [7, 11) is 1.95. The maximum atomic E-state index is 13.3. The van der Waals surface area contributed by atoms with Crippen molar-refractivity contribution >= 4 is 27.5 Å². The fourth-order valence-corrected chi connectivity index (χ4v) is 5.31. The van der Waals surface area contributed by atoms with Gasteiger partial charge in [0.2, 0.25) is 5.95 Å². The van der Waals surface area contributed by atoms with Gasteiger partial charge in [-0.3, -0.25) is 14.0 Å². The fraction of sp³-hybridized carbons (Fsp3) is 0.550. The molecule has 27 heavy (non-hydrogen) atoms. The smallest absolute Gasteiger partial charge is 0.264 e. The van der Waals surface area contributed by atoms with Crippen LogP contribution in [0.3, 0.4) is 0 Å². The second-order valence-electron chi connectivity index (χ2n) is 7.72. The minimum absolute atomic E-state index is 0.0483. The van der Waals surface area contributed by atoms with E-state index in [1.165, 1.54) is 23.3 Å². The second kappa shape index (κ2) is 6.78. The number of hydrogen-bond donors (Lipinski definition) is 1. The monoisotopic (exact) mass is 385 g/mol. The Hall–Kier alpha value is -2.15. The molecule has 0 fully saturated rings. The van der Waals surface area contributed by atoms with Gasteiger partial charge in [-0.25, -0.2) is 4.98 Å². The molecule has 3 aromatic rings. The lowest BCUT2D eigenvalue weighted by molar-refractivity contribution is 0.579. The molecule has 0 radical (unpaired) electrons. The molecule has 0 saturated heterocycles. The van der Waals surface area contributed by atoms with Gasteiger partial charge in [0.1, 0.15) is 4.83 Å². The Labute approximate surface area is 163 Å². The van der Waals surface area contributed by atoms with Crippen molar-refractivity contribution in [2.75, 3.05) is 5.32 Å². The highest BCUT2D eigenvalue weighted by molar-refractivity contribution is 7.18. The van der Waals surface area contributed by atoms with E-state index in [0.717, 1.165) is 40.0 Å². The Morgan fingerprint density at radius 1 is 1.22 bits per heavy atom. The van der Waals surface area contributed by atoms with Gasteiger partial charge in [-0.15, -0.1) is 11.3 Å². The van der Waals surface area contributed by atoms with Gasteiger partial charge in [0, 0.05) is 35.8 Å². The molecule has 1 aliphatic rings. The highest BCUT2D eigenvalue weighted by Crippen LogP contribution is 2.34. The zero-order valence-electron chi connectivity index (χ0n) is 16.7. The van der Waals surface area contributed by atoms with E-state index in [4.69, 9.17) is 4.98 Å². The molecule has 0 aromatic carbocycles. The molecule has 6 nitrogen and oxygen atoms in total. The first-order valence-electron chi connectivity index (χ1n) is 9.68. The molecule has 0 aliphatic heterocycles. The molecule has 0 amide bonds. The van der Waals surface area contributed by atoms with Crippen molar-refractivity contribution in [2.45, 2.75) is 66.0 Å². The van der Waals surface area contributed by atoms with E-state index in [1.54, 1.807) is 11.3 Å². The topological polar surface area (TPSA) is 64.7 Å². The summed E-state index contributed by atoms with van der Waals surface area (Å²) in [5.41, 5.74) is 4.64. The molecule has 4 rings (SSSR count). The van der Waals surface area contributed by atoms with Gasteiger partial charge in [-0.2, -0.15) is 5.10 Å². The van der Waals surface area contributed by atoms with Crippen LogP contribution in [-0.4, -0.2) is 19.3 Å². The minimum Gasteiger partial charge on any atom is -0.351 e. The molecule has 0 spiro atoms. The number of nitrogens with one attached hydrogen (secondary N) is 1. The van der Waals surface area contributed by atoms with Crippen LogP contribution in [0.25, 0.3) is 10.2 Å². The van der Waals surface area contributed by atoms with E-state index >= 15 is 0 Å². The third-order valence-corrected chi connectivity index (χ3v) is 6.81. The molecular weight excluding hydrogens is 358 g/mol. The Morgan fingerprint density at radius 2 is 1.96 bits per heavy atom. The summed E-state index contributed by atoms with van der Waals surface area (Å²) < 4.78 is 3.71. The molecule has 0 bridgehead atoms. The maximum Gasteiger partial charge on any atom is 0.264 e. The summed E-state index contributed by atoms with van der Waals surface area (Å²) in [5.74, 6) is 0.656. The van der Waals surface area contributed by atoms with Crippen LogP contribution in [0.5, 0.6) is 0 Å². The van der Waals surface area contributed by atoms with E-state index in [2.05, 4.69) is 17.3 Å². The van der Waals surface area contributed by atoms with Crippen molar-refractivity contribution in [3.8, 4) is 0 Å². The van der Waals surface area contributed by atoms with E-state index < -0.39 is 0 Å². The van der Waals surface area contributed by atoms with E-state index in [-0.39, 0.29) is 11.6 Å². The molecule has 7 heteroatoms. The van der Waals surface area contributed by atoms with Crippen LogP contribution in [0.1, 0.15) is 60.1 Å². The Bertz CT molecular complexity index is 1070. The zero-order chi connectivity index (χ0) is 19.3. The normalized spacial score (nSPS) is 14.1. The van der Waals surface area contributed by atoms with Crippen molar-refractivity contribution in [3.05, 3.63) is 37.7 Å². The van der Waals surface area contributed by atoms with Crippen LogP contribution in [0, 0.1) is 13.8 Å². The number of rotatable bonds is 4. The molecular formula is C20H27N5OS. The largest absolute Gasteiger partial charge is 0.351 e. The van der Waals surface area contributed by atoms with Gasteiger partial charge in [0.25, 0.3) is 5.56 Å².